The number of amides is 1. The van der Waals surface area contributed by atoms with Crippen LogP contribution in [-0.2, 0) is 24.5 Å². The molecule has 0 radical (unpaired) electrons. The monoisotopic (exact) mass is 313 g/mol. The van der Waals surface area contributed by atoms with Crippen molar-refractivity contribution < 1.29 is 22.1 Å². The minimum atomic E-state index is -3.45. The van der Waals surface area contributed by atoms with E-state index in [1.165, 1.54) is 0 Å². The fourth-order valence-corrected chi connectivity index (χ4v) is 2.76. The van der Waals surface area contributed by atoms with Gasteiger partial charge in [-0.25, -0.2) is 0 Å². The van der Waals surface area contributed by atoms with Gasteiger partial charge in [0.25, 0.3) is 10.1 Å². The van der Waals surface area contributed by atoms with Gasteiger partial charge in [0.2, 0.25) is 5.91 Å². The predicted octanol–water partition coefficient (Wildman–Crippen LogP) is 1.30. The molecule has 0 aromatic heterocycles. The summed E-state index contributed by atoms with van der Waals surface area (Å²) in [7, 11) is -1.71. The minimum absolute atomic E-state index is 0.0371. The molecule has 6 nitrogen and oxygen atoms in total. The maximum atomic E-state index is 12.2. The zero-order valence-electron chi connectivity index (χ0n) is 12.5. The third kappa shape index (κ3) is 3.19. The third-order valence-electron chi connectivity index (χ3n) is 3.49. The zero-order chi connectivity index (χ0) is 15.8. The second kappa shape index (κ2) is 5.31. The van der Waals surface area contributed by atoms with Gasteiger partial charge in [0, 0.05) is 12.7 Å². The molecule has 1 aliphatic rings. The molecule has 1 aromatic carbocycles. The third-order valence-corrected chi connectivity index (χ3v) is 4.09. The maximum absolute atomic E-state index is 12.2. The van der Waals surface area contributed by atoms with Crippen molar-refractivity contribution in [2.75, 3.05) is 31.4 Å². The predicted molar refractivity (Wildman–Crippen MR) is 79.2 cm³/mol. The van der Waals surface area contributed by atoms with Gasteiger partial charge in [-0.1, -0.05) is 0 Å². The summed E-state index contributed by atoms with van der Waals surface area (Å²) in [6, 6.07) is 5.40. The molecule has 1 aliphatic heterocycles. The van der Waals surface area contributed by atoms with Gasteiger partial charge in [0.1, 0.15) is 19.0 Å². The molecule has 0 unspecified atom stereocenters. The number of carbonyl (C=O) groups is 1. The molecule has 0 spiro atoms. The molecule has 0 bridgehead atoms. The van der Waals surface area contributed by atoms with Gasteiger partial charge in [-0.2, -0.15) is 8.42 Å². The number of likely N-dealkylation sites (N-methyl/N-ethyl adjacent to an activating group) is 1. The van der Waals surface area contributed by atoms with Crippen molar-refractivity contribution in [1.29, 1.82) is 0 Å². The highest BCUT2D eigenvalue weighted by Gasteiger charge is 2.42. The van der Waals surface area contributed by atoms with E-state index in [9.17, 15) is 13.2 Å². The summed E-state index contributed by atoms with van der Waals surface area (Å²) in [6.07, 6.45) is 0.992. The first kappa shape index (κ1) is 15.8. The first-order valence-corrected chi connectivity index (χ1v) is 8.34. The summed E-state index contributed by atoms with van der Waals surface area (Å²) in [6.45, 7) is 3.82. The van der Waals surface area contributed by atoms with Gasteiger partial charge in [-0.3, -0.25) is 8.98 Å². The average Bonchev–Trinajstić information content (AvgIpc) is 2.56. The number of hydrogen-bond donors (Lipinski definition) is 0. The van der Waals surface area contributed by atoms with Crippen LogP contribution in [-0.4, -0.2) is 40.8 Å². The molecule has 21 heavy (non-hydrogen) atoms. The van der Waals surface area contributed by atoms with E-state index >= 15 is 0 Å². The Balaban J connectivity index is 2.09. The number of ether oxygens (including phenoxy) is 1. The number of hydrogen-bond acceptors (Lipinski definition) is 5. The largest absolute Gasteiger partial charge is 0.491 e. The van der Waals surface area contributed by atoms with E-state index in [1.807, 2.05) is 26.0 Å². The summed E-state index contributed by atoms with van der Waals surface area (Å²) in [5.41, 5.74) is 1.17. The Morgan fingerprint density at radius 3 is 2.52 bits per heavy atom. The number of fused-ring (bicyclic) bond motifs is 1. The first-order chi connectivity index (χ1) is 9.63. The Morgan fingerprint density at radius 2 is 1.90 bits per heavy atom. The second-order valence-corrected chi connectivity index (χ2v) is 7.19. The number of rotatable bonds is 5. The molecule has 0 saturated carbocycles. The molecule has 0 N–H and O–H groups in total. The highest BCUT2D eigenvalue weighted by Crippen LogP contribution is 2.42. The van der Waals surface area contributed by atoms with Crippen LogP contribution in [0, 0.1) is 0 Å². The summed E-state index contributed by atoms with van der Waals surface area (Å²) in [5.74, 6) is 0.622. The van der Waals surface area contributed by atoms with Crippen LogP contribution >= 0.6 is 0 Å². The highest BCUT2D eigenvalue weighted by atomic mass is 32.2. The van der Waals surface area contributed by atoms with Crippen LogP contribution in [0.2, 0.25) is 0 Å². The van der Waals surface area contributed by atoms with Gasteiger partial charge >= 0.3 is 0 Å². The Labute approximate surface area is 124 Å². The van der Waals surface area contributed by atoms with Crippen molar-refractivity contribution in [3.05, 3.63) is 23.8 Å². The van der Waals surface area contributed by atoms with Crippen LogP contribution in [0.1, 0.15) is 19.4 Å². The minimum Gasteiger partial charge on any atom is -0.491 e. The highest BCUT2D eigenvalue weighted by molar-refractivity contribution is 7.85. The Morgan fingerprint density at radius 1 is 1.24 bits per heavy atom. The van der Waals surface area contributed by atoms with Crippen LogP contribution in [0.25, 0.3) is 0 Å². The molecule has 1 aromatic rings. The van der Waals surface area contributed by atoms with Crippen molar-refractivity contribution in [3.8, 4) is 5.75 Å². The molecule has 0 aliphatic carbocycles. The van der Waals surface area contributed by atoms with Crippen LogP contribution in [0.4, 0.5) is 5.69 Å². The van der Waals surface area contributed by atoms with E-state index in [2.05, 4.69) is 4.18 Å². The second-order valence-electron chi connectivity index (χ2n) is 5.54. The van der Waals surface area contributed by atoms with Gasteiger partial charge in [0.15, 0.2) is 0 Å². The smallest absolute Gasteiger partial charge is 0.264 e. The molecule has 0 atom stereocenters. The maximum Gasteiger partial charge on any atom is 0.264 e. The lowest BCUT2D eigenvalue weighted by Crippen LogP contribution is -2.33. The Bertz CT molecular complexity index is 666. The summed E-state index contributed by atoms with van der Waals surface area (Å²) in [5, 5.41) is 0. The SMILES string of the molecule is CN1C(=O)C(C)(C)c2cc(OCCOS(C)(=O)=O)ccc21. The zero-order valence-corrected chi connectivity index (χ0v) is 13.4. The number of carbonyl (C=O) groups excluding carboxylic acids is 1. The molecular weight excluding hydrogens is 294 g/mol. The molecule has 116 valence electrons. The first-order valence-electron chi connectivity index (χ1n) is 6.53. The van der Waals surface area contributed by atoms with Gasteiger partial charge in [-0.15, -0.1) is 0 Å². The van der Waals surface area contributed by atoms with Crippen molar-refractivity contribution >= 4 is 21.7 Å². The molecule has 2 rings (SSSR count). The fraction of sp³-hybridized carbons (Fsp3) is 0.500. The molecule has 1 heterocycles. The quantitative estimate of drug-likeness (QED) is 0.605. The molecular formula is C14H19NO5S. The van der Waals surface area contributed by atoms with E-state index in [0.717, 1.165) is 17.5 Å². The topological polar surface area (TPSA) is 72.9 Å². The number of anilines is 1. The number of nitrogens with zero attached hydrogens (tertiary/aromatic N) is 1. The summed E-state index contributed by atoms with van der Waals surface area (Å²) < 4.78 is 31.7. The Hall–Kier alpha value is -1.60. The van der Waals surface area contributed by atoms with E-state index in [4.69, 9.17) is 4.74 Å². The van der Waals surface area contributed by atoms with Gasteiger partial charge in [0.05, 0.1) is 11.7 Å². The molecule has 7 heteroatoms. The van der Waals surface area contributed by atoms with Crippen LogP contribution in [0.5, 0.6) is 5.75 Å². The average molecular weight is 313 g/mol. The lowest BCUT2D eigenvalue weighted by molar-refractivity contribution is -0.121. The number of benzene rings is 1. The standard InChI is InChI=1S/C14H19NO5S/c1-14(2)11-9-10(19-7-8-20-21(4,17)18)5-6-12(11)15(3)13(14)16/h5-6,9H,7-8H2,1-4H3. The normalized spacial score (nSPS) is 17.0. The van der Waals surface area contributed by atoms with E-state index in [1.54, 1.807) is 18.0 Å². The van der Waals surface area contributed by atoms with Crippen LogP contribution < -0.4 is 9.64 Å². The van der Waals surface area contributed by atoms with E-state index in [0.29, 0.717) is 5.75 Å². The molecule has 0 saturated heterocycles. The van der Waals surface area contributed by atoms with E-state index < -0.39 is 15.5 Å². The van der Waals surface area contributed by atoms with E-state index in [-0.39, 0.29) is 19.1 Å². The lowest BCUT2D eigenvalue weighted by atomic mass is 9.86. The lowest BCUT2D eigenvalue weighted by Gasteiger charge is -2.16. The molecule has 0 fully saturated rings. The van der Waals surface area contributed by atoms with Crippen molar-refractivity contribution in [1.82, 2.24) is 0 Å². The van der Waals surface area contributed by atoms with Crippen LogP contribution in [0.3, 0.4) is 0 Å². The summed E-state index contributed by atoms with van der Waals surface area (Å²) in [4.78, 5) is 13.8. The van der Waals surface area contributed by atoms with Crippen molar-refractivity contribution in [2.24, 2.45) is 0 Å². The summed E-state index contributed by atoms with van der Waals surface area (Å²) >= 11 is 0. The van der Waals surface area contributed by atoms with Crippen molar-refractivity contribution in [3.63, 3.8) is 0 Å². The molecule has 1 amide bonds. The van der Waals surface area contributed by atoms with Gasteiger partial charge in [-0.05, 0) is 37.6 Å². The van der Waals surface area contributed by atoms with Crippen LogP contribution in [0.15, 0.2) is 18.2 Å². The van der Waals surface area contributed by atoms with Crippen molar-refractivity contribution in [2.45, 2.75) is 19.3 Å². The fourth-order valence-electron chi connectivity index (χ4n) is 2.39. The Kier molecular flexibility index (Phi) is 3.99. The van der Waals surface area contributed by atoms with Gasteiger partial charge < -0.3 is 9.64 Å².